The van der Waals surface area contributed by atoms with Crippen molar-refractivity contribution in [2.45, 2.75) is 41.6 Å². The zero-order chi connectivity index (χ0) is 26.3. The summed E-state index contributed by atoms with van der Waals surface area (Å²) in [6.45, 7) is 5.81. The number of nitrogens with zero attached hydrogens (tertiary/aromatic N) is 1. The molecule has 196 valence electrons. The van der Waals surface area contributed by atoms with Crippen LogP contribution in [0.25, 0.3) is 0 Å². The lowest BCUT2D eigenvalue weighted by Gasteiger charge is -2.20. The summed E-state index contributed by atoms with van der Waals surface area (Å²) < 4.78 is 15.9. The highest BCUT2D eigenvalue weighted by molar-refractivity contribution is 7.97. The maximum absolute atomic E-state index is 11.9. The van der Waals surface area contributed by atoms with E-state index in [2.05, 4.69) is 72.8 Å². The Morgan fingerprint density at radius 2 is 1.19 bits per heavy atom. The van der Waals surface area contributed by atoms with Crippen LogP contribution in [-0.2, 0) is 41.3 Å². The summed E-state index contributed by atoms with van der Waals surface area (Å²) in [5.41, 5.74) is 1.10. The second-order valence-corrected chi connectivity index (χ2v) is 10.3. The van der Waals surface area contributed by atoms with Crippen LogP contribution in [0.15, 0.2) is 99.6 Å². The molecule has 0 aliphatic rings. The van der Waals surface area contributed by atoms with Crippen LogP contribution >= 0.6 is 0 Å². The van der Waals surface area contributed by atoms with Crippen molar-refractivity contribution in [1.82, 2.24) is 4.90 Å². The van der Waals surface area contributed by atoms with Gasteiger partial charge in [-0.05, 0) is 62.2 Å². The molecular weight excluding hydrogens is 486 g/mol. The third-order valence-corrected chi connectivity index (χ3v) is 7.70. The Hall–Kier alpha value is -3.13. The minimum atomic E-state index is -0.349. The molecule has 0 spiro atoms. The molecule has 0 heterocycles. The number of hydrogen-bond donors (Lipinski definition) is 0. The first-order valence-electron chi connectivity index (χ1n) is 12.6. The Kier molecular flexibility index (Phi) is 12.2. The highest BCUT2D eigenvalue weighted by Crippen LogP contribution is 2.31. The summed E-state index contributed by atoms with van der Waals surface area (Å²) in [5, 5.41) is 0. The van der Waals surface area contributed by atoms with Gasteiger partial charge in [0.25, 0.3) is 0 Å². The fourth-order valence-corrected chi connectivity index (χ4v) is 5.90. The summed E-state index contributed by atoms with van der Waals surface area (Å²) in [7, 11) is -0.172. The predicted molar refractivity (Wildman–Crippen MR) is 145 cm³/mol. The molecule has 0 N–H and O–H groups in total. The molecule has 0 unspecified atom stereocenters. The quantitative estimate of drug-likeness (QED) is 0.157. The lowest BCUT2D eigenvalue weighted by molar-refractivity contribution is -0.148. The first-order valence-corrected chi connectivity index (χ1v) is 13.9. The van der Waals surface area contributed by atoms with Gasteiger partial charge in [0.05, 0.1) is 43.8 Å². The number of benzene rings is 3. The lowest BCUT2D eigenvalue weighted by Crippen LogP contribution is -2.37. The molecule has 3 rings (SSSR count). The number of carbonyl (C=O) groups excluding carboxylic acids is 2. The van der Waals surface area contributed by atoms with Crippen molar-refractivity contribution >= 4 is 22.8 Å². The van der Waals surface area contributed by atoms with Gasteiger partial charge in [0.2, 0.25) is 0 Å². The zero-order valence-corrected chi connectivity index (χ0v) is 22.5. The first-order chi connectivity index (χ1) is 18.1. The second kappa shape index (κ2) is 15.9. The van der Waals surface area contributed by atoms with Crippen molar-refractivity contribution < 1.29 is 23.8 Å². The number of hydrogen-bond acceptors (Lipinski definition) is 6. The maximum atomic E-state index is 11.9. The highest BCUT2D eigenvalue weighted by atomic mass is 32.2. The number of carbonyl (C=O) groups is 2. The summed E-state index contributed by atoms with van der Waals surface area (Å²) in [6, 6.07) is 29.8. The van der Waals surface area contributed by atoms with Gasteiger partial charge in [-0.2, -0.15) is 0 Å². The molecule has 0 aliphatic carbocycles. The molecule has 6 nitrogen and oxygen atoms in total. The monoisotopic (exact) mass is 522 g/mol. The van der Waals surface area contributed by atoms with E-state index in [1.165, 1.54) is 14.7 Å². The van der Waals surface area contributed by atoms with Crippen molar-refractivity contribution in [2.24, 2.45) is 0 Å². The van der Waals surface area contributed by atoms with Crippen molar-refractivity contribution in [3.8, 4) is 0 Å². The zero-order valence-electron chi connectivity index (χ0n) is 21.6. The molecule has 0 saturated heterocycles. The van der Waals surface area contributed by atoms with Gasteiger partial charge in [-0.15, -0.1) is 0 Å². The van der Waals surface area contributed by atoms with E-state index in [9.17, 15) is 9.59 Å². The smallest absolute Gasteiger partial charge is 0.320 e. The largest absolute Gasteiger partial charge is 0.465 e. The van der Waals surface area contributed by atoms with Gasteiger partial charge in [-0.1, -0.05) is 48.5 Å². The third-order valence-electron chi connectivity index (χ3n) is 5.46. The normalized spacial score (nSPS) is 11.0. The van der Waals surface area contributed by atoms with Crippen LogP contribution in [0.1, 0.15) is 25.8 Å². The maximum Gasteiger partial charge on any atom is 0.320 e. The Labute approximate surface area is 222 Å². The molecule has 0 radical (unpaired) electrons. The Morgan fingerprint density at radius 3 is 1.68 bits per heavy atom. The number of rotatable bonds is 15. The van der Waals surface area contributed by atoms with E-state index < -0.39 is 0 Å². The van der Waals surface area contributed by atoms with E-state index in [0.717, 1.165) is 5.56 Å². The molecule has 3 aromatic carbocycles. The van der Waals surface area contributed by atoms with Crippen molar-refractivity contribution in [3.63, 3.8) is 0 Å². The molecule has 0 saturated carbocycles. The minimum Gasteiger partial charge on any atom is -0.465 e. The van der Waals surface area contributed by atoms with E-state index in [-0.39, 0.29) is 35.9 Å². The lowest BCUT2D eigenvalue weighted by atomic mass is 10.2. The van der Waals surface area contributed by atoms with Crippen LogP contribution in [0.5, 0.6) is 0 Å². The van der Waals surface area contributed by atoms with Crippen molar-refractivity contribution in [3.05, 3.63) is 90.5 Å². The van der Waals surface area contributed by atoms with Crippen LogP contribution in [-0.4, -0.2) is 56.3 Å². The van der Waals surface area contributed by atoms with Gasteiger partial charge in [-0.3, -0.25) is 14.5 Å². The van der Waals surface area contributed by atoms with E-state index in [4.69, 9.17) is 14.2 Å². The summed E-state index contributed by atoms with van der Waals surface area (Å²) in [6.07, 6.45) is 0.683. The van der Waals surface area contributed by atoms with Gasteiger partial charge in [0, 0.05) is 13.2 Å². The van der Waals surface area contributed by atoms with Gasteiger partial charge in [0.15, 0.2) is 14.7 Å². The molecule has 0 aromatic heterocycles. The Bertz CT molecular complexity index is 1020. The van der Waals surface area contributed by atoms with Gasteiger partial charge in [-0.25, -0.2) is 0 Å². The fourth-order valence-electron chi connectivity index (χ4n) is 3.82. The molecular formula is C30H36NO5S+. The van der Waals surface area contributed by atoms with Crippen LogP contribution in [0.4, 0.5) is 0 Å². The van der Waals surface area contributed by atoms with Crippen LogP contribution < -0.4 is 0 Å². The van der Waals surface area contributed by atoms with E-state index in [1.807, 2.05) is 12.1 Å². The molecule has 0 amide bonds. The van der Waals surface area contributed by atoms with E-state index in [0.29, 0.717) is 39.4 Å². The van der Waals surface area contributed by atoms with Crippen LogP contribution in [0, 0.1) is 0 Å². The van der Waals surface area contributed by atoms with Crippen LogP contribution in [0.2, 0.25) is 0 Å². The molecule has 0 fully saturated rings. The first kappa shape index (κ1) is 28.4. The average molecular weight is 523 g/mol. The predicted octanol–water partition coefficient (Wildman–Crippen LogP) is 5.12. The Balaban J connectivity index is 1.52. The standard InChI is InChI=1S/C30H36NO5S/c1-3-35-29(32)22-31(23-30(33)36-4-2)20-11-21-34-24-25-16-18-28(19-17-25)37(26-12-7-5-8-13-26)27-14-9-6-10-15-27/h5-10,12-19H,3-4,11,20-24H2,1-2H3/q+1. The topological polar surface area (TPSA) is 65.1 Å². The van der Waals surface area contributed by atoms with Crippen LogP contribution in [0.3, 0.4) is 0 Å². The Morgan fingerprint density at radius 1 is 0.703 bits per heavy atom. The molecule has 37 heavy (non-hydrogen) atoms. The van der Waals surface area contributed by atoms with Gasteiger partial charge >= 0.3 is 11.9 Å². The molecule has 0 bridgehead atoms. The van der Waals surface area contributed by atoms with Gasteiger partial charge < -0.3 is 14.2 Å². The van der Waals surface area contributed by atoms with Crippen molar-refractivity contribution in [2.75, 3.05) is 39.5 Å². The molecule has 0 atom stereocenters. The fraction of sp³-hybridized carbons (Fsp3) is 0.333. The SMILES string of the molecule is CCOC(=O)CN(CCCOCc1ccc([S+](c2ccccc2)c2ccccc2)cc1)CC(=O)OCC. The number of ether oxygens (including phenoxy) is 3. The molecule has 0 aliphatic heterocycles. The third kappa shape index (κ3) is 9.69. The van der Waals surface area contributed by atoms with Crippen molar-refractivity contribution in [1.29, 1.82) is 0 Å². The molecule has 7 heteroatoms. The average Bonchev–Trinajstić information content (AvgIpc) is 2.91. The van der Waals surface area contributed by atoms with E-state index in [1.54, 1.807) is 18.7 Å². The summed E-state index contributed by atoms with van der Waals surface area (Å²) in [5.74, 6) is -0.698. The molecule has 3 aromatic rings. The summed E-state index contributed by atoms with van der Waals surface area (Å²) in [4.78, 5) is 29.3. The second-order valence-electron chi connectivity index (χ2n) is 8.30. The minimum absolute atomic E-state index is 0.0545. The summed E-state index contributed by atoms with van der Waals surface area (Å²) >= 11 is 0. The van der Waals surface area contributed by atoms with E-state index >= 15 is 0 Å². The van der Waals surface area contributed by atoms with Gasteiger partial charge in [0.1, 0.15) is 0 Å². The highest BCUT2D eigenvalue weighted by Gasteiger charge is 2.28. The number of esters is 2.